The van der Waals surface area contributed by atoms with Crippen LogP contribution < -0.4 is 5.32 Å². The van der Waals surface area contributed by atoms with Crippen LogP contribution >= 0.6 is 15.9 Å². The topological polar surface area (TPSA) is 18.5 Å². The molecule has 0 aliphatic carbocycles. The molecule has 1 aliphatic rings. The smallest absolute Gasteiger partial charge is 0.0244 e. The summed E-state index contributed by atoms with van der Waals surface area (Å²) < 4.78 is 1.24. The van der Waals surface area contributed by atoms with E-state index in [1.54, 1.807) is 0 Å². The summed E-state index contributed by atoms with van der Waals surface area (Å²) in [6.07, 6.45) is 2.65. The monoisotopic (exact) mass is 353 g/mol. The van der Waals surface area contributed by atoms with Gasteiger partial charge in [-0.15, -0.1) is 0 Å². The van der Waals surface area contributed by atoms with Gasteiger partial charge in [-0.05, 0) is 70.2 Å². The molecule has 1 fully saturated rings. The van der Waals surface area contributed by atoms with Gasteiger partial charge in [0.25, 0.3) is 0 Å². The van der Waals surface area contributed by atoms with Gasteiger partial charge in [0.15, 0.2) is 0 Å². The largest absolute Gasteiger partial charge is 0.316 e. The molecule has 0 saturated carbocycles. The van der Waals surface area contributed by atoms with E-state index in [2.05, 4.69) is 63.3 Å². The summed E-state index contributed by atoms with van der Waals surface area (Å²) in [7, 11) is 6.34. The second-order valence-corrected chi connectivity index (χ2v) is 7.29. The fraction of sp³-hybridized carbons (Fsp3) is 0.647. The lowest BCUT2D eigenvalue weighted by atomic mass is 9.96. The Labute approximate surface area is 137 Å². The van der Waals surface area contributed by atoms with Crippen molar-refractivity contribution >= 4 is 15.9 Å². The Balaban J connectivity index is 1.86. The van der Waals surface area contributed by atoms with E-state index in [0.717, 1.165) is 19.0 Å². The second-order valence-electron chi connectivity index (χ2n) is 6.44. The van der Waals surface area contributed by atoms with Gasteiger partial charge in [-0.1, -0.05) is 28.1 Å². The zero-order chi connectivity index (χ0) is 15.2. The predicted molar refractivity (Wildman–Crippen MR) is 93.5 cm³/mol. The molecular weight excluding hydrogens is 326 g/mol. The van der Waals surface area contributed by atoms with Crippen LogP contribution in [0.25, 0.3) is 0 Å². The fourth-order valence-corrected chi connectivity index (χ4v) is 3.67. The number of rotatable bonds is 6. The predicted octanol–water partition coefficient (Wildman–Crippen LogP) is 2.94. The van der Waals surface area contributed by atoms with Crippen molar-refractivity contribution in [1.29, 1.82) is 0 Å². The maximum Gasteiger partial charge on any atom is 0.0244 e. The average Bonchev–Trinajstić information content (AvgIpc) is 2.44. The van der Waals surface area contributed by atoms with E-state index >= 15 is 0 Å². The van der Waals surface area contributed by atoms with Crippen molar-refractivity contribution in [2.45, 2.75) is 25.9 Å². The van der Waals surface area contributed by atoms with Crippen molar-refractivity contribution in [3.05, 3.63) is 33.8 Å². The number of hydrogen-bond acceptors (Lipinski definition) is 3. The van der Waals surface area contributed by atoms with Gasteiger partial charge in [0.05, 0.1) is 0 Å². The Bertz CT molecular complexity index is 440. The molecule has 118 valence electrons. The second kappa shape index (κ2) is 8.28. The molecule has 21 heavy (non-hydrogen) atoms. The molecule has 2 rings (SSSR count). The Morgan fingerprint density at radius 3 is 2.57 bits per heavy atom. The minimum absolute atomic E-state index is 0.873. The summed E-state index contributed by atoms with van der Waals surface area (Å²) >= 11 is 3.73. The van der Waals surface area contributed by atoms with Crippen molar-refractivity contribution in [1.82, 2.24) is 15.1 Å². The van der Waals surface area contributed by atoms with Gasteiger partial charge in [-0.2, -0.15) is 0 Å². The standard InChI is InChI=1S/C17H28BrN3/c1-19-11-15-4-5-16(17(18)10-15)13-21-8-6-14(7-9-21)12-20(2)3/h4-5,10,14,19H,6-9,11-13H2,1-3H3. The lowest BCUT2D eigenvalue weighted by molar-refractivity contribution is 0.156. The number of benzene rings is 1. The molecule has 3 nitrogen and oxygen atoms in total. The van der Waals surface area contributed by atoms with Gasteiger partial charge < -0.3 is 10.2 Å². The van der Waals surface area contributed by atoms with E-state index in [9.17, 15) is 0 Å². The highest BCUT2D eigenvalue weighted by atomic mass is 79.9. The quantitative estimate of drug-likeness (QED) is 0.848. The zero-order valence-electron chi connectivity index (χ0n) is 13.5. The van der Waals surface area contributed by atoms with E-state index < -0.39 is 0 Å². The normalized spacial score (nSPS) is 17.6. The summed E-state index contributed by atoms with van der Waals surface area (Å²) in [5.74, 6) is 0.873. The van der Waals surface area contributed by atoms with Crippen LogP contribution in [0.2, 0.25) is 0 Å². The molecule has 1 saturated heterocycles. The van der Waals surface area contributed by atoms with E-state index in [-0.39, 0.29) is 0 Å². The molecule has 4 heteroatoms. The van der Waals surface area contributed by atoms with E-state index in [1.807, 2.05) is 7.05 Å². The molecule has 0 bridgehead atoms. The first kappa shape index (κ1) is 16.9. The highest BCUT2D eigenvalue weighted by Gasteiger charge is 2.20. The van der Waals surface area contributed by atoms with Gasteiger partial charge in [0.1, 0.15) is 0 Å². The van der Waals surface area contributed by atoms with Gasteiger partial charge in [0, 0.05) is 24.1 Å². The highest BCUT2D eigenvalue weighted by Crippen LogP contribution is 2.24. The van der Waals surface area contributed by atoms with Crippen LogP contribution in [0, 0.1) is 5.92 Å². The molecular formula is C17H28BrN3. The van der Waals surface area contributed by atoms with Crippen molar-refractivity contribution in [2.24, 2.45) is 5.92 Å². The van der Waals surface area contributed by atoms with Crippen LogP contribution in [-0.4, -0.2) is 50.6 Å². The average molecular weight is 354 g/mol. The molecule has 0 amide bonds. The number of hydrogen-bond donors (Lipinski definition) is 1. The van der Waals surface area contributed by atoms with Crippen molar-refractivity contribution in [2.75, 3.05) is 40.8 Å². The van der Waals surface area contributed by atoms with Gasteiger partial charge >= 0.3 is 0 Å². The number of nitrogens with zero attached hydrogens (tertiary/aromatic N) is 2. The molecule has 0 aromatic heterocycles. The molecule has 1 aliphatic heterocycles. The van der Waals surface area contributed by atoms with Crippen LogP contribution in [0.3, 0.4) is 0 Å². The zero-order valence-corrected chi connectivity index (χ0v) is 15.1. The van der Waals surface area contributed by atoms with Gasteiger partial charge in [0.2, 0.25) is 0 Å². The van der Waals surface area contributed by atoms with Crippen molar-refractivity contribution in [3.8, 4) is 0 Å². The summed E-state index contributed by atoms with van der Waals surface area (Å²) in [4.78, 5) is 4.90. The highest BCUT2D eigenvalue weighted by molar-refractivity contribution is 9.10. The molecule has 1 aromatic rings. The Morgan fingerprint density at radius 1 is 1.29 bits per heavy atom. The third-order valence-electron chi connectivity index (χ3n) is 4.22. The molecule has 0 spiro atoms. The molecule has 0 atom stereocenters. The fourth-order valence-electron chi connectivity index (χ4n) is 3.12. The minimum atomic E-state index is 0.873. The Hall–Kier alpha value is -0.420. The molecule has 0 radical (unpaired) electrons. The molecule has 1 heterocycles. The van der Waals surface area contributed by atoms with Crippen molar-refractivity contribution < 1.29 is 0 Å². The van der Waals surface area contributed by atoms with E-state index in [4.69, 9.17) is 0 Å². The van der Waals surface area contributed by atoms with Crippen LogP contribution in [0.15, 0.2) is 22.7 Å². The summed E-state index contributed by atoms with van der Waals surface area (Å²) in [6, 6.07) is 6.74. The van der Waals surface area contributed by atoms with E-state index in [0.29, 0.717) is 0 Å². The van der Waals surface area contributed by atoms with Crippen LogP contribution in [0.1, 0.15) is 24.0 Å². The first-order valence-corrected chi connectivity index (χ1v) is 8.66. The van der Waals surface area contributed by atoms with Gasteiger partial charge in [-0.25, -0.2) is 0 Å². The molecule has 1 N–H and O–H groups in total. The first-order valence-electron chi connectivity index (χ1n) is 7.87. The molecule has 1 aromatic carbocycles. The lowest BCUT2D eigenvalue weighted by Gasteiger charge is -2.33. The summed E-state index contributed by atoms with van der Waals surface area (Å²) in [6.45, 7) is 5.67. The number of piperidine rings is 1. The number of nitrogens with one attached hydrogen (secondary N) is 1. The maximum absolute atomic E-state index is 3.73. The third-order valence-corrected chi connectivity index (χ3v) is 4.96. The maximum atomic E-state index is 3.73. The SMILES string of the molecule is CNCc1ccc(CN2CCC(CN(C)C)CC2)c(Br)c1. The molecule has 0 unspecified atom stereocenters. The summed E-state index contributed by atoms with van der Waals surface area (Å²) in [5.41, 5.74) is 2.73. The Kier molecular flexibility index (Phi) is 6.68. The Morgan fingerprint density at radius 2 is 2.00 bits per heavy atom. The lowest BCUT2D eigenvalue weighted by Crippen LogP contribution is -2.36. The third kappa shape index (κ3) is 5.37. The van der Waals surface area contributed by atoms with Crippen molar-refractivity contribution in [3.63, 3.8) is 0 Å². The van der Waals surface area contributed by atoms with Crippen LogP contribution in [-0.2, 0) is 13.1 Å². The van der Waals surface area contributed by atoms with Crippen LogP contribution in [0.5, 0.6) is 0 Å². The number of halogens is 1. The minimum Gasteiger partial charge on any atom is -0.316 e. The van der Waals surface area contributed by atoms with Gasteiger partial charge in [-0.3, -0.25) is 4.90 Å². The number of likely N-dealkylation sites (tertiary alicyclic amines) is 1. The first-order chi connectivity index (χ1) is 10.1. The summed E-state index contributed by atoms with van der Waals surface area (Å²) in [5, 5.41) is 3.20. The van der Waals surface area contributed by atoms with Crippen LogP contribution in [0.4, 0.5) is 0 Å². The van der Waals surface area contributed by atoms with E-state index in [1.165, 1.54) is 48.1 Å².